The lowest BCUT2D eigenvalue weighted by Crippen LogP contribution is -2.24. The highest BCUT2D eigenvalue weighted by atomic mass is 35.5. The molecule has 0 spiro atoms. The number of ether oxygens (including phenoxy) is 3. The quantitative estimate of drug-likeness (QED) is 0.126. The number of nitrogens with zero attached hydrogens (tertiary/aromatic N) is 2. The number of amides is 1. The average Bonchev–Trinajstić information content (AvgIpc) is 3.77. The van der Waals surface area contributed by atoms with Crippen LogP contribution in [-0.4, -0.2) is 48.3 Å². The fourth-order valence-electron chi connectivity index (χ4n) is 5.86. The topological polar surface area (TPSA) is 133 Å². The fraction of sp³-hybridized carbons (Fsp3) is 0.250. The Labute approximate surface area is 276 Å². The summed E-state index contributed by atoms with van der Waals surface area (Å²) in [5.41, 5.74) is 5.79. The lowest BCUT2D eigenvalue weighted by atomic mass is 10.0. The van der Waals surface area contributed by atoms with Gasteiger partial charge in [0.25, 0.3) is 0 Å². The van der Waals surface area contributed by atoms with Crippen molar-refractivity contribution in [2.45, 2.75) is 32.0 Å². The smallest absolute Gasteiger partial charge is 0.248 e. The number of fused-ring (bicyclic) bond motifs is 2. The monoisotopic (exact) mass is 648 g/mol. The van der Waals surface area contributed by atoms with E-state index in [1.165, 1.54) is 6.20 Å². The minimum absolute atomic E-state index is 0.138. The molecule has 4 N–H and O–H groups in total. The molecule has 5 aromatic rings. The van der Waals surface area contributed by atoms with E-state index in [4.69, 9.17) is 25.8 Å². The van der Waals surface area contributed by atoms with Crippen molar-refractivity contribution in [1.82, 2.24) is 15.3 Å². The third kappa shape index (κ3) is 7.03. The van der Waals surface area contributed by atoms with Gasteiger partial charge in [-0.2, -0.15) is 5.26 Å². The second-order valence-electron chi connectivity index (χ2n) is 11.6. The number of pyridine rings is 1. The number of aromatic nitrogens is 2. The number of nitriles is 1. The fourth-order valence-corrected chi connectivity index (χ4v) is 6.10. The van der Waals surface area contributed by atoms with Crippen LogP contribution in [0, 0.1) is 11.3 Å². The number of aromatic amines is 1. The molecule has 1 atom stereocenters. The van der Waals surface area contributed by atoms with Gasteiger partial charge in [-0.05, 0) is 79.3 Å². The van der Waals surface area contributed by atoms with Crippen LogP contribution in [0.15, 0.2) is 78.6 Å². The first kappa shape index (κ1) is 30.6. The molecular weight excluding hydrogens is 616 g/mol. The van der Waals surface area contributed by atoms with Gasteiger partial charge < -0.3 is 35.1 Å². The molecule has 10 nitrogen and oxygen atoms in total. The lowest BCUT2D eigenvalue weighted by Gasteiger charge is -2.19. The summed E-state index contributed by atoms with van der Waals surface area (Å²) in [7, 11) is 0. The Hall–Kier alpha value is -5.08. The summed E-state index contributed by atoms with van der Waals surface area (Å²) in [6.45, 7) is 3.15. The molecule has 2 fully saturated rings. The molecule has 238 valence electrons. The minimum atomic E-state index is -0.233. The molecule has 0 aliphatic carbocycles. The Bertz CT molecular complexity index is 2020. The van der Waals surface area contributed by atoms with E-state index in [0.717, 1.165) is 54.4 Å². The first-order valence-electron chi connectivity index (χ1n) is 15.6. The van der Waals surface area contributed by atoms with Gasteiger partial charge in [-0.15, -0.1) is 0 Å². The molecule has 2 aliphatic heterocycles. The van der Waals surface area contributed by atoms with Gasteiger partial charge >= 0.3 is 0 Å². The number of anilines is 3. The third-order valence-corrected chi connectivity index (χ3v) is 8.62. The molecule has 47 heavy (non-hydrogen) atoms. The molecule has 3 aromatic carbocycles. The van der Waals surface area contributed by atoms with Crippen molar-refractivity contribution in [2.24, 2.45) is 0 Å². The Morgan fingerprint density at radius 1 is 1.13 bits per heavy atom. The van der Waals surface area contributed by atoms with Crippen LogP contribution in [0.25, 0.3) is 21.8 Å². The maximum Gasteiger partial charge on any atom is 0.248 e. The number of hydrogen-bond acceptors (Lipinski definition) is 8. The molecule has 2 aromatic heterocycles. The van der Waals surface area contributed by atoms with Gasteiger partial charge in [0.05, 0.1) is 40.7 Å². The van der Waals surface area contributed by atoms with Crippen molar-refractivity contribution >= 4 is 56.4 Å². The van der Waals surface area contributed by atoms with Gasteiger partial charge in [-0.25, -0.2) is 0 Å². The van der Waals surface area contributed by atoms with E-state index in [0.29, 0.717) is 69.9 Å². The average molecular weight is 649 g/mol. The molecular formula is C36H33ClN6O4. The van der Waals surface area contributed by atoms with Crippen molar-refractivity contribution in [3.8, 4) is 17.6 Å². The molecule has 2 saturated heterocycles. The van der Waals surface area contributed by atoms with Crippen molar-refractivity contribution < 1.29 is 19.0 Å². The van der Waals surface area contributed by atoms with Gasteiger partial charge in [0, 0.05) is 47.5 Å². The first-order valence-corrected chi connectivity index (χ1v) is 16.0. The van der Waals surface area contributed by atoms with Crippen LogP contribution < -0.4 is 25.4 Å². The van der Waals surface area contributed by atoms with Crippen LogP contribution in [0.2, 0.25) is 5.02 Å². The van der Waals surface area contributed by atoms with Crippen molar-refractivity contribution in [3.63, 3.8) is 0 Å². The van der Waals surface area contributed by atoms with E-state index in [-0.39, 0.29) is 12.0 Å². The number of halogens is 1. The maximum atomic E-state index is 13.2. The minimum Gasteiger partial charge on any atom is -0.487 e. The van der Waals surface area contributed by atoms with E-state index < -0.39 is 0 Å². The molecule has 0 radical (unpaired) electrons. The third-order valence-electron chi connectivity index (χ3n) is 8.32. The van der Waals surface area contributed by atoms with E-state index >= 15 is 0 Å². The first-order chi connectivity index (χ1) is 23.0. The highest BCUT2D eigenvalue weighted by molar-refractivity contribution is 6.32. The summed E-state index contributed by atoms with van der Waals surface area (Å²) in [6, 6.07) is 19.4. The van der Waals surface area contributed by atoms with Gasteiger partial charge in [-0.3, -0.25) is 9.78 Å². The number of H-pyrrole nitrogens is 1. The number of nitrogens with one attached hydrogen (secondary N) is 4. The molecule has 0 saturated carbocycles. The summed E-state index contributed by atoms with van der Waals surface area (Å²) >= 11 is 6.66. The van der Waals surface area contributed by atoms with E-state index in [2.05, 4.69) is 38.1 Å². The van der Waals surface area contributed by atoms with Crippen molar-refractivity contribution in [1.29, 1.82) is 5.26 Å². The number of carbonyl (C=O) groups excluding carboxylic acids is 1. The molecule has 0 bridgehead atoms. The number of rotatable bonds is 9. The highest BCUT2D eigenvalue weighted by Crippen LogP contribution is 2.38. The van der Waals surface area contributed by atoms with Crippen LogP contribution in [0.4, 0.5) is 17.1 Å². The number of hydrogen-bond donors (Lipinski definition) is 4. The zero-order valence-corrected chi connectivity index (χ0v) is 26.3. The van der Waals surface area contributed by atoms with Crippen LogP contribution in [0.3, 0.4) is 0 Å². The molecule has 1 amide bonds. The standard InChI is InChI=1S/C36H33ClN6O4/c37-29-15-26(2-4-33(29)46-20-23-1-3-30-24(13-23)7-11-40-30)42-36-25(18-38)19-41-31-17-34(47-27-8-12-45-21-27)32(16-28(31)36)43-35(44)14-22-5-9-39-10-6-22/h1-4,7,11,13-17,19,27,39-40H,5-6,8-10,12,20-21H2,(H,41,42)(H,43,44). The molecule has 4 heterocycles. The summed E-state index contributed by atoms with van der Waals surface area (Å²) < 4.78 is 17.8. The normalized spacial score (nSPS) is 16.2. The van der Waals surface area contributed by atoms with E-state index in [9.17, 15) is 10.1 Å². The number of piperidine rings is 1. The second-order valence-corrected chi connectivity index (χ2v) is 12.0. The van der Waals surface area contributed by atoms with Crippen molar-refractivity contribution in [2.75, 3.05) is 36.9 Å². The van der Waals surface area contributed by atoms with Crippen LogP contribution in [-0.2, 0) is 16.1 Å². The lowest BCUT2D eigenvalue weighted by molar-refractivity contribution is -0.112. The van der Waals surface area contributed by atoms with Gasteiger partial charge in [0.1, 0.15) is 30.3 Å². The summed E-state index contributed by atoms with van der Waals surface area (Å²) in [6.07, 6.45) is 7.36. The van der Waals surface area contributed by atoms with E-state index in [1.807, 2.05) is 30.5 Å². The van der Waals surface area contributed by atoms with Crippen LogP contribution in [0.1, 0.15) is 30.4 Å². The molecule has 2 aliphatic rings. The van der Waals surface area contributed by atoms with Crippen LogP contribution in [0.5, 0.6) is 11.5 Å². The van der Waals surface area contributed by atoms with Crippen molar-refractivity contribution in [3.05, 3.63) is 94.8 Å². The molecule has 11 heteroatoms. The Kier molecular flexibility index (Phi) is 8.93. The highest BCUT2D eigenvalue weighted by Gasteiger charge is 2.22. The Balaban J connectivity index is 1.17. The molecule has 7 rings (SSSR count). The maximum absolute atomic E-state index is 13.2. The summed E-state index contributed by atoms with van der Waals surface area (Å²) in [5.74, 6) is 0.800. The van der Waals surface area contributed by atoms with Crippen LogP contribution >= 0.6 is 11.6 Å². The zero-order valence-electron chi connectivity index (χ0n) is 25.6. The second kappa shape index (κ2) is 13.7. The predicted octanol–water partition coefficient (Wildman–Crippen LogP) is 6.98. The largest absolute Gasteiger partial charge is 0.487 e. The zero-order chi connectivity index (χ0) is 32.2. The Morgan fingerprint density at radius 2 is 2.02 bits per heavy atom. The molecule has 1 unspecified atom stereocenters. The number of carbonyl (C=O) groups is 1. The summed E-state index contributed by atoms with van der Waals surface area (Å²) in [5, 5.41) is 21.9. The SMILES string of the molecule is N#Cc1cnc2cc(OC3CCOC3)c(NC(=O)C=C3CCNCC3)cc2c1Nc1ccc(OCc2ccc3[nH]ccc3c2)c(Cl)c1. The van der Waals surface area contributed by atoms with E-state index in [1.54, 1.807) is 30.3 Å². The number of benzene rings is 3. The predicted molar refractivity (Wildman–Crippen MR) is 182 cm³/mol. The van der Waals surface area contributed by atoms with Gasteiger partial charge in [0.2, 0.25) is 5.91 Å². The van der Waals surface area contributed by atoms with Gasteiger partial charge in [0.15, 0.2) is 0 Å². The summed E-state index contributed by atoms with van der Waals surface area (Å²) in [4.78, 5) is 20.9. The Morgan fingerprint density at radius 3 is 2.83 bits per heavy atom. The van der Waals surface area contributed by atoms with Gasteiger partial charge in [-0.1, -0.05) is 23.2 Å².